The van der Waals surface area contributed by atoms with Crippen molar-refractivity contribution in [2.75, 3.05) is 13.7 Å². The molecule has 1 atom stereocenters. The zero-order valence-electron chi connectivity index (χ0n) is 12.3. The van der Waals surface area contributed by atoms with Gasteiger partial charge in [0.05, 0.1) is 19.4 Å². The molecule has 6 heteroatoms. The highest BCUT2D eigenvalue weighted by Gasteiger charge is 2.36. The number of amides is 1. The van der Waals surface area contributed by atoms with E-state index in [-0.39, 0.29) is 12.5 Å². The molecule has 0 unspecified atom stereocenters. The van der Waals surface area contributed by atoms with E-state index < -0.39 is 12.0 Å². The van der Waals surface area contributed by atoms with Gasteiger partial charge in [0.2, 0.25) is 5.91 Å². The Morgan fingerprint density at radius 3 is 2.52 bits per heavy atom. The van der Waals surface area contributed by atoms with Crippen LogP contribution in [0.4, 0.5) is 0 Å². The highest BCUT2D eigenvalue weighted by atomic mass is 16.5. The maximum Gasteiger partial charge on any atom is 0.331 e. The highest BCUT2D eigenvalue weighted by Crippen LogP contribution is 2.22. The van der Waals surface area contributed by atoms with Gasteiger partial charge in [-0.1, -0.05) is 0 Å². The molecule has 0 fully saturated rings. The number of methoxy groups -OCH3 is 1. The Hall–Kier alpha value is -2.37. The van der Waals surface area contributed by atoms with Crippen LogP contribution in [0, 0.1) is 0 Å². The number of hydrogen-bond acceptors (Lipinski definition) is 5. The van der Waals surface area contributed by atoms with Crippen molar-refractivity contribution in [2.24, 2.45) is 5.10 Å². The summed E-state index contributed by atoms with van der Waals surface area (Å²) in [5.74, 6) is 0.0271. The minimum Gasteiger partial charge on any atom is -0.497 e. The van der Waals surface area contributed by atoms with Crippen molar-refractivity contribution in [1.29, 1.82) is 0 Å². The van der Waals surface area contributed by atoms with Crippen molar-refractivity contribution in [2.45, 2.75) is 26.3 Å². The lowest BCUT2D eigenvalue weighted by molar-refractivity contribution is -0.153. The van der Waals surface area contributed by atoms with Crippen LogP contribution in [0.25, 0.3) is 0 Å². The first kappa shape index (κ1) is 15.0. The number of hydrogen-bond donors (Lipinski definition) is 0. The molecule has 1 amide bonds. The SMILES string of the molecule is CCOC(=O)[C@@H]1CC(c2ccc(OC)cc2)=NN1C(C)=O. The van der Waals surface area contributed by atoms with Crippen LogP contribution in [0.2, 0.25) is 0 Å². The second-order valence-electron chi connectivity index (χ2n) is 4.61. The van der Waals surface area contributed by atoms with E-state index in [1.165, 1.54) is 11.9 Å². The van der Waals surface area contributed by atoms with Crippen molar-refractivity contribution in [3.05, 3.63) is 29.8 Å². The minimum atomic E-state index is -0.681. The molecule has 0 aromatic heterocycles. The van der Waals surface area contributed by atoms with Crippen LogP contribution < -0.4 is 4.74 Å². The molecule has 0 N–H and O–H groups in total. The number of hydrazone groups is 1. The summed E-state index contributed by atoms with van der Waals surface area (Å²) in [6.45, 7) is 3.39. The maximum atomic E-state index is 11.9. The van der Waals surface area contributed by atoms with Gasteiger partial charge in [-0.25, -0.2) is 9.80 Å². The van der Waals surface area contributed by atoms with E-state index in [0.29, 0.717) is 12.1 Å². The Balaban J connectivity index is 2.22. The number of carbonyl (C=O) groups is 2. The van der Waals surface area contributed by atoms with E-state index in [1.807, 2.05) is 24.3 Å². The fourth-order valence-electron chi connectivity index (χ4n) is 2.18. The van der Waals surface area contributed by atoms with Crippen LogP contribution in [0.5, 0.6) is 5.75 Å². The molecule has 0 saturated carbocycles. The Labute approximate surface area is 123 Å². The number of benzene rings is 1. The van der Waals surface area contributed by atoms with Gasteiger partial charge in [0.1, 0.15) is 5.75 Å². The largest absolute Gasteiger partial charge is 0.497 e. The molecule has 0 spiro atoms. The van der Waals surface area contributed by atoms with Gasteiger partial charge in [-0.2, -0.15) is 5.10 Å². The minimum absolute atomic E-state index is 0.277. The fourth-order valence-corrected chi connectivity index (χ4v) is 2.18. The molecule has 0 saturated heterocycles. The second-order valence-corrected chi connectivity index (χ2v) is 4.61. The van der Waals surface area contributed by atoms with E-state index >= 15 is 0 Å². The summed E-state index contributed by atoms with van der Waals surface area (Å²) >= 11 is 0. The van der Waals surface area contributed by atoms with Crippen LogP contribution in [0.1, 0.15) is 25.8 Å². The molecular weight excluding hydrogens is 272 g/mol. The smallest absolute Gasteiger partial charge is 0.331 e. The summed E-state index contributed by atoms with van der Waals surface area (Å²) in [5.41, 5.74) is 1.54. The number of rotatable bonds is 4. The molecule has 2 rings (SSSR count). The molecular formula is C15H18N2O4. The van der Waals surface area contributed by atoms with Crippen LogP contribution >= 0.6 is 0 Å². The molecule has 1 aliphatic heterocycles. The molecule has 0 radical (unpaired) electrons. The molecule has 6 nitrogen and oxygen atoms in total. The Morgan fingerprint density at radius 2 is 2.00 bits per heavy atom. The molecule has 1 aromatic rings. The van der Waals surface area contributed by atoms with Crippen LogP contribution in [0.3, 0.4) is 0 Å². The quantitative estimate of drug-likeness (QED) is 0.790. The first-order chi connectivity index (χ1) is 10.1. The predicted octanol–water partition coefficient (Wildman–Crippen LogP) is 1.58. The highest BCUT2D eigenvalue weighted by molar-refractivity contribution is 6.06. The summed E-state index contributed by atoms with van der Waals surface area (Å²) in [6.07, 6.45) is 0.352. The average Bonchev–Trinajstić information content (AvgIpc) is 2.93. The standard InChI is InChI=1S/C15H18N2O4/c1-4-21-15(19)14-9-13(16-17(14)10(2)18)11-5-7-12(20-3)8-6-11/h5-8,14H,4,9H2,1-3H3/t14-/m0/s1. The zero-order chi connectivity index (χ0) is 15.4. The molecule has 0 aliphatic carbocycles. The van der Waals surface area contributed by atoms with E-state index in [4.69, 9.17) is 9.47 Å². The van der Waals surface area contributed by atoms with E-state index in [9.17, 15) is 9.59 Å². The Bertz CT molecular complexity index is 566. The number of carbonyl (C=O) groups excluding carboxylic acids is 2. The lowest BCUT2D eigenvalue weighted by Crippen LogP contribution is -2.38. The monoisotopic (exact) mass is 290 g/mol. The topological polar surface area (TPSA) is 68.2 Å². The fraction of sp³-hybridized carbons (Fsp3) is 0.400. The summed E-state index contributed by atoms with van der Waals surface area (Å²) in [5, 5.41) is 5.45. The van der Waals surface area contributed by atoms with Gasteiger partial charge < -0.3 is 9.47 Å². The van der Waals surface area contributed by atoms with Gasteiger partial charge in [-0.15, -0.1) is 0 Å². The van der Waals surface area contributed by atoms with Gasteiger partial charge in [-0.3, -0.25) is 4.79 Å². The first-order valence-corrected chi connectivity index (χ1v) is 6.75. The zero-order valence-corrected chi connectivity index (χ0v) is 12.3. The lowest BCUT2D eigenvalue weighted by Gasteiger charge is -2.17. The van der Waals surface area contributed by atoms with Gasteiger partial charge >= 0.3 is 5.97 Å². The van der Waals surface area contributed by atoms with Crippen LogP contribution in [0.15, 0.2) is 29.4 Å². The van der Waals surface area contributed by atoms with Crippen LogP contribution in [-0.2, 0) is 14.3 Å². The van der Waals surface area contributed by atoms with Crippen molar-refractivity contribution in [1.82, 2.24) is 5.01 Å². The molecule has 1 aliphatic rings. The van der Waals surface area contributed by atoms with E-state index in [1.54, 1.807) is 14.0 Å². The third kappa shape index (κ3) is 3.21. The van der Waals surface area contributed by atoms with Gasteiger partial charge in [-0.05, 0) is 36.8 Å². The van der Waals surface area contributed by atoms with Crippen molar-refractivity contribution in [3.63, 3.8) is 0 Å². The molecule has 0 bridgehead atoms. The van der Waals surface area contributed by atoms with E-state index in [0.717, 1.165) is 11.3 Å². The van der Waals surface area contributed by atoms with Gasteiger partial charge in [0.15, 0.2) is 6.04 Å². The van der Waals surface area contributed by atoms with Crippen LogP contribution in [-0.4, -0.2) is 42.4 Å². The lowest BCUT2D eigenvalue weighted by atomic mass is 10.0. The Morgan fingerprint density at radius 1 is 1.33 bits per heavy atom. The number of esters is 1. The summed E-state index contributed by atoms with van der Waals surface area (Å²) in [6, 6.07) is 6.65. The third-order valence-electron chi connectivity index (χ3n) is 3.21. The maximum absolute atomic E-state index is 11.9. The second kappa shape index (κ2) is 6.39. The normalized spacial score (nSPS) is 17.4. The first-order valence-electron chi connectivity index (χ1n) is 6.75. The van der Waals surface area contributed by atoms with Gasteiger partial charge in [0.25, 0.3) is 0 Å². The summed E-state index contributed by atoms with van der Waals surface area (Å²) in [4.78, 5) is 23.6. The van der Waals surface area contributed by atoms with E-state index in [2.05, 4.69) is 5.10 Å². The third-order valence-corrected chi connectivity index (χ3v) is 3.21. The number of nitrogens with zero attached hydrogens (tertiary/aromatic N) is 2. The summed E-state index contributed by atoms with van der Waals surface area (Å²) < 4.78 is 10.1. The van der Waals surface area contributed by atoms with Crippen molar-refractivity contribution in [3.8, 4) is 5.75 Å². The summed E-state index contributed by atoms with van der Waals surface area (Å²) in [7, 11) is 1.59. The Kier molecular flexibility index (Phi) is 4.57. The molecule has 21 heavy (non-hydrogen) atoms. The molecule has 112 valence electrons. The van der Waals surface area contributed by atoms with Crippen molar-refractivity contribution < 1.29 is 19.1 Å². The van der Waals surface area contributed by atoms with Crippen molar-refractivity contribution >= 4 is 17.6 Å². The number of ether oxygens (including phenoxy) is 2. The van der Waals surface area contributed by atoms with Gasteiger partial charge in [0, 0.05) is 13.3 Å². The molecule has 1 aromatic carbocycles. The molecule has 1 heterocycles. The average molecular weight is 290 g/mol. The predicted molar refractivity (Wildman–Crippen MR) is 77.1 cm³/mol.